The van der Waals surface area contributed by atoms with Crippen LogP contribution in [0.25, 0.3) is 0 Å². The van der Waals surface area contributed by atoms with Gasteiger partial charge >= 0.3 is 0 Å². The summed E-state index contributed by atoms with van der Waals surface area (Å²) in [6.45, 7) is 2.56. The van der Waals surface area contributed by atoms with Crippen molar-refractivity contribution in [2.45, 2.75) is 57.4 Å². The van der Waals surface area contributed by atoms with Crippen LogP contribution >= 0.6 is 0 Å². The minimum atomic E-state index is 0.528. The zero-order valence-electron chi connectivity index (χ0n) is 14.2. The summed E-state index contributed by atoms with van der Waals surface area (Å²) in [4.78, 5) is 0. The van der Waals surface area contributed by atoms with Crippen molar-refractivity contribution < 1.29 is 4.74 Å². The van der Waals surface area contributed by atoms with Crippen LogP contribution in [0.5, 0.6) is 5.75 Å². The molecule has 2 nitrogen and oxygen atoms in total. The van der Waals surface area contributed by atoms with E-state index >= 15 is 0 Å². The van der Waals surface area contributed by atoms with Crippen LogP contribution in [-0.4, -0.2) is 20.2 Å². The molecule has 1 aromatic carbocycles. The Hall–Kier alpha value is -1.02. The summed E-state index contributed by atoms with van der Waals surface area (Å²) in [5, 5.41) is 3.62. The zero-order chi connectivity index (χ0) is 15.3. The van der Waals surface area contributed by atoms with E-state index in [1.54, 1.807) is 18.2 Å². The lowest BCUT2D eigenvalue weighted by Crippen LogP contribution is -2.47. The molecule has 2 heteroatoms. The Morgan fingerprint density at radius 2 is 2.05 bits per heavy atom. The van der Waals surface area contributed by atoms with Gasteiger partial charge in [0.15, 0.2) is 0 Å². The number of methoxy groups -OCH3 is 1. The molecule has 2 saturated carbocycles. The molecule has 4 rings (SSSR count). The predicted octanol–water partition coefficient (Wildman–Crippen LogP) is 4.14. The van der Waals surface area contributed by atoms with Gasteiger partial charge in [-0.2, -0.15) is 0 Å². The van der Waals surface area contributed by atoms with Crippen molar-refractivity contribution in [1.29, 1.82) is 0 Å². The van der Waals surface area contributed by atoms with Crippen LogP contribution in [0.3, 0.4) is 0 Å². The van der Waals surface area contributed by atoms with Gasteiger partial charge in [-0.15, -0.1) is 0 Å². The third-order valence-electron chi connectivity index (χ3n) is 7.28. The van der Waals surface area contributed by atoms with Crippen molar-refractivity contribution in [3.05, 3.63) is 29.3 Å². The molecule has 3 aliphatic rings. The van der Waals surface area contributed by atoms with Crippen LogP contribution in [0.1, 0.15) is 56.1 Å². The number of ether oxygens (including phenoxy) is 1. The molecular weight excluding hydrogens is 270 g/mol. The molecule has 1 N–H and O–H groups in total. The van der Waals surface area contributed by atoms with Gasteiger partial charge in [0.1, 0.15) is 5.75 Å². The number of benzene rings is 1. The fourth-order valence-electron chi connectivity index (χ4n) is 6.16. The third-order valence-corrected chi connectivity index (χ3v) is 7.28. The van der Waals surface area contributed by atoms with E-state index in [-0.39, 0.29) is 0 Å². The van der Waals surface area contributed by atoms with Gasteiger partial charge in [0, 0.05) is 6.04 Å². The average Bonchev–Trinajstić information content (AvgIpc) is 2.90. The largest absolute Gasteiger partial charge is 0.497 e. The smallest absolute Gasteiger partial charge is 0.119 e. The molecule has 2 fully saturated rings. The summed E-state index contributed by atoms with van der Waals surface area (Å²) in [7, 11) is 3.93. The lowest BCUT2D eigenvalue weighted by molar-refractivity contribution is 0.0430. The van der Waals surface area contributed by atoms with Crippen LogP contribution in [0.4, 0.5) is 0 Å². The second kappa shape index (κ2) is 5.26. The van der Waals surface area contributed by atoms with Crippen molar-refractivity contribution >= 4 is 0 Å². The van der Waals surface area contributed by atoms with Crippen molar-refractivity contribution in [2.75, 3.05) is 14.2 Å². The second-order valence-corrected chi connectivity index (χ2v) is 7.94. The Labute approximate surface area is 134 Å². The molecular formula is C20H29NO. The first kappa shape index (κ1) is 14.6. The molecule has 0 bridgehead atoms. The van der Waals surface area contributed by atoms with Gasteiger partial charge in [-0.3, -0.25) is 0 Å². The molecule has 3 aliphatic carbocycles. The Morgan fingerprint density at radius 1 is 1.18 bits per heavy atom. The molecule has 22 heavy (non-hydrogen) atoms. The first-order valence-electron chi connectivity index (χ1n) is 9.01. The number of aryl methyl sites for hydroxylation is 1. The summed E-state index contributed by atoms with van der Waals surface area (Å²) in [6, 6.07) is 7.54. The van der Waals surface area contributed by atoms with Gasteiger partial charge in [0.25, 0.3) is 0 Å². The lowest BCUT2D eigenvalue weighted by atomic mass is 9.55. The minimum absolute atomic E-state index is 0.528. The molecule has 0 saturated heterocycles. The van der Waals surface area contributed by atoms with Crippen molar-refractivity contribution in [1.82, 2.24) is 5.32 Å². The average molecular weight is 299 g/mol. The molecule has 0 amide bonds. The maximum Gasteiger partial charge on any atom is 0.119 e. The summed E-state index contributed by atoms with van der Waals surface area (Å²) in [6.07, 6.45) is 8.17. The highest BCUT2D eigenvalue weighted by Gasteiger charge is 2.54. The second-order valence-electron chi connectivity index (χ2n) is 7.94. The fraction of sp³-hybridized carbons (Fsp3) is 0.700. The normalized spacial score (nSPS) is 39.8. The predicted molar refractivity (Wildman–Crippen MR) is 90.5 cm³/mol. The third kappa shape index (κ3) is 1.96. The van der Waals surface area contributed by atoms with Crippen LogP contribution < -0.4 is 10.1 Å². The Morgan fingerprint density at radius 3 is 2.82 bits per heavy atom. The Bertz CT molecular complexity index is 569. The monoisotopic (exact) mass is 299 g/mol. The van der Waals surface area contributed by atoms with Gasteiger partial charge in [-0.25, -0.2) is 0 Å². The van der Waals surface area contributed by atoms with Crippen LogP contribution in [0, 0.1) is 17.3 Å². The van der Waals surface area contributed by atoms with E-state index in [4.69, 9.17) is 4.74 Å². The number of fused-ring (bicyclic) bond motifs is 5. The topological polar surface area (TPSA) is 21.3 Å². The number of hydrogen-bond donors (Lipinski definition) is 1. The first-order chi connectivity index (χ1) is 10.7. The highest BCUT2D eigenvalue weighted by Crippen LogP contribution is 2.60. The summed E-state index contributed by atoms with van der Waals surface area (Å²) < 4.78 is 5.42. The maximum absolute atomic E-state index is 5.42. The van der Waals surface area contributed by atoms with Crippen molar-refractivity contribution in [3.8, 4) is 5.75 Å². The molecule has 0 radical (unpaired) electrons. The SMILES string of the molecule is CN[C@H]1CC[C@H]2[C@@H]3CCc4cc(OC)ccc4[C@H]3CC[C@]12C. The minimum Gasteiger partial charge on any atom is -0.497 e. The molecule has 120 valence electrons. The molecule has 1 aromatic rings. The Balaban J connectivity index is 1.66. The maximum atomic E-state index is 5.42. The van der Waals surface area contributed by atoms with Gasteiger partial charge in [0.2, 0.25) is 0 Å². The fourth-order valence-corrected chi connectivity index (χ4v) is 6.16. The highest BCUT2D eigenvalue weighted by atomic mass is 16.5. The van der Waals surface area contributed by atoms with E-state index < -0.39 is 0 Å². The van der Waals surface area contributed by atoms with Crippen molar-refractivity contribution in [2.24, 2.45) is 17.3 Å². The van der Waals surface area contributed by atoms with Gasteiger partial charge in [-0.1, -0.05) is 13.0 Å². The van der Waals surface area contributed by atoms with Gasteiger partial charge in [-0.05, 0) is 92.0 Å². The summed E-state index contributed by atoms with van der Waals surface area (Å²) in [5.41, 5.74) is 3.71. The molecule has 0 heterocycles. The molecule has 0 unspecified atom stereocenters. The van der Waals surface area contributed by atoms with Gasteiger partial charge in [0.05, 0.1) is 7.11 Å². The molecule has 0 aliphatic heterocycles. The lowest BCUT2D eigenvalue weighted by Gasteiger charge is -2.51. The molecule has 0 aromatic heterocycles. The molecule has 5 atom stereocenters. The van der Waals surface area contributed by atoms with E-state index in [1.165, 1.54) is 38.5 Å². The number of rotatable bonds is 2. The highest BCUT2D eigenvalue weighted by molar-refractivity contribution is 5.40. The molecule has 0 spiro atoms. The number of hydrogen-bond acceptors (Lipinski definition) is 2. The van der Waals surface area contributed by atoms with E-state index in [0.717, 1.165) is 29.5 Å². The Kier molecular flexibility index (Phi) is 3.48. The summed E-state index contributed by atoms with van der Waals surface area (Å²) >= 11 is 0. The van der Waals surface area contributed by atoms with Crippen LogP contribution in [0.15, 0.2) is 18.2 Å². The van der Waals surface area contributed by atoms with E-state index in [1.807, 2.05) is 0 Å². The van der Waals surface area contributed by atoms with Gasteiger partial charge < -0.3 is 10.1 Å². The van der Waals surface area contributed by atoms with Crippen molar-refractivity contribution in [3.63, 3.8) is 0 Å². The standard InChI is InChI=1S/C20H29NO/c1-20-11-10-16-15-7-5-14(22-3)12-13(15)4-6-17(16)18(20)8-9-19(20)21-2/h5,7,12,16-19,21H,4,6,8-11H2,1-3H3/t16-,17-,18+,19+,20+/m1/s1. The first-order valence-corrected chi connectivity index (χ1v) is 9.01. The van der Waals surface area contributed by atoms with Crippen LogP contribution in [-0.2, 0) is 6.42 Å². The zero-order valence-corrected chi connectivity index (χ0v) is 14.2. The quantitative estimate of drug-likeness (QED) is 0.886. The number of nitrogens with one attached hydrogen (secondary N) is 1. The van der Waals surface area contributed by atoms with E-state index in [2.05, 4.69) is 37.5 Å². The van der Waals surface area contributed by atoms with E-state index in [9.17, 15) is 0 Å². The summed E-state index contributed by atoms with van der Waals surface area (Å²) in [5.74, 6) is 3.63. The van der Waals surface area contributed by atoms with E-state index in [0.29, 0.717) is 5.41 Å². The van der Waals surface area contributed by atoms with Crippen LogP contribution in [0.2, 0.25) is 0 Å².